The molecule has 108 valence electrons. The number of carboxylic acids is 1. The maximum absolute atomic E-state index is 13.8. The summed E-state index contributed by atoms with van der Waals surface area (Å²) in [5, 5.41) is 8.95. The van der Waals surface area contributed by atoms with Gasteiger partial charge in [0.05, 0.1) is 16.8 Å². The topological polar surface area (TPSA) is 55.8 Å². The van der Waals surface area contributed by atoms with Gasteiger partial charge in [-0.05, 0) is 39.8 Å². The first-order valence-corrected chi connectivity index (χ1v) is 6.51. The van der Waals surface area contributed by atoms with Crippen molar-refractivity contribution in [3.8, 4) is 0 Å². The number of carbonyl (C=O) groups is 1. The Balaban J connectivity index is 2.41. The molecule has 1 N–H and O–H groups in total. The third kappa shape index (κ3) is 2.43. The second-order valence-electron chi connectivity index (χ2n) is 5.75. The Kier molecular flexibility index (Phi) is 3.61. The molecule has 20 heavy (non-hydrogen) atoms. The average Bonchev–Trinajstić information content (AvgIpc) is 2.50. The van der Waals surface area contributed by atoms with Crippen LogP contribution in [-0.4, -0.2) is 29.4 Å². The van der Waals surface area contributed by atoms with Crippen molar-refractivity contribution < 1.29 is 23.6 Å². The van der Waals surface area contributed by atoms with Crippen LogP contribution in [0.5, 0.6) is 0 Å². The molecule has 1 fully saturated rings. The molecule has 0 atom stereocenters. The minimum Gasteiger partial charge on any atom is -0.478 e. The Morgan fingerprint density at radius 1 is 1.25 bits per heavy atom. The van der Waals surface area contributed by atoms with Crippen LogP contribution in [0.2, 0.25) is 5.02 Å². The summed E-state index contributed by atoms with van der Waals surface area (Å²) in [5.74, 6) is -2.24. The van der Waals surface area contributed by atoms with E-state index in [-0.39, 0.29) is 10.5 Å². The van der Waals surface area contributed by atoms with Gasteiger partial charge in [-0.3, -0.25) is 0 Å². The molecule has 1 aliphatic heterocycles. The lowest BCUT2D eigenvalue weighted by atomic mass is 9.78. The van der Waals surface area contributed by atoms with Gasteiger partial charge in [-0.2, -0.15) is 0 Å². The number of benzene rings is 1. The highest BCUT2D eigenvalue weighted by Gasteiger charge is 2.52. The van der Waals surface area contributed by atoms with Crippen molar-refractivity contribution in [2.45, 2.75) is 38.9 Å². The van der Waals surface area contributed by atoms with Crippen LogP contribution >= 0.6 is 11.6 Å². The van der Waals surface area contributed by atoms with Gasteiger partial charge in [-0.25, -0.2) is 9.18 Å². The van der Waals surface area contributed by atoms with Crippen LogP contribution in [-0.2, 0) is 9.31 Å². The molecule has 0 amide bonds. The normalized spacial score (nSPS) is 20.2. The third-order valence-corrected chi connectivity index (χ3v) is 4.15. The lowest BCUT2D eigenvalue weighted by Crippen LogP contribution is -2.41. The Hall–Kier alpha value is -1.11. The van der Waals surface area contributed by atoms with Crippen molar-refractivity contribution >= 4 is 30.2 Å². The quantitative estimate of drug-likeness (QED) is 0.853. The number of carboxylic acid groups (broad SMARTS) is 1. The summed E-state index contributed by atoms with van der Waals surface area (Å²) in [6.07, 6.45) is 0. The highest BCUT2D eigenvalue weighted by Crippen LogP contribution is 2.37. The smallest absolute Gasteiger partial charge is 0.478 e. The molecule has 4 nitrogen and oxygen atoms in total. The second kappa shape index (κ2) is 4.72. The predicted molar refractivity (Wildman–Crippen MR) is 74.1 cm³/mol. The molecule has 0 spiro atoms. The molecule has 1 heterocycles. The van der Waals surface area contributed by atoms with Crippen molar-refractivity contribution in [3.63, 3.8) is 0 Å². The summed E-state index contributed by atoms with van der Waals surface area (Å²) < 4.78 is 25.3. The fraction of sp³-hybridized carbons (Fsp3) is 0.462. The molecule has 2 rings (SSSR count). The van der Waals surface area contributed by atoms with Gasteiger partial charge in [0, 0.05) is 10.5 Å². The summed E-state index contributed by atoms with van der Waals surface area (Å²) in [6, 6.07) is 2.12. The number of halogens is 2. The van der Waals surface area contributed by atoms with E-state index in [9.17, 15) is 9.18 Å². The van der Waals surface area contributed by atoms with Crippen LogP contribution in [0.4, 0.5) is 4.39 Å². The van der Waals surface area contributed by atoms with Crippen molar-refractivity contribution in [1.29, 1.82) is 0 Å². The average molecular weight is 301 g/mol. The summed E-state index contributed by atoms with van der Waals surface area (Å²) in [5.41, 5.74) is -1.35. The summed E-state index contributed by atoms with van der Waals surface area (Å²) >= 11 is 6.02. The molecule has 1 aromatic carbocycles. The van der Waals surface area contributed by atoms with Crippen LogP contribution in [0.3, 0.4) is 0 Å². The maximum atomic E-state index is 13.8. The molecule has 0 unspecified atom stereocenters. The number of aromatic carboxylic acids is 1. The minimum atomic E-state index is -1.37. The molecule has 0 radical (unpaired) electrons. The van der Waals surface area contributed by atoms with Crippen molar-refractivity contribution in [1.82, 2.24) is 0 Å². The van der Waals surface area contributed by atoms with Gasteiger partial charge in [0.15, 0.2) is 0 Å². The van der Waals surface area contributed by atoms with E-state index in [0.717, 1.165) is 12.1 Å². The fourth-order valence-electron chi connectivity index (χ4n) is 1.88. The van der Waals surface area contributed by atoms with Gasteiger partial charge >= 0.3 is 13.1 Å². The number of hydrogen-bond acceptors (Lipinski definition) is 3. The standard InChI is InChI=1S/C13H15BClFO4/c1-12(2)13(3,4)20-14(19-12)8-6-10(16)7(11(17)18)5-9(8)15/h5-6H,1-4H3,(H,17,18). The summed E-state index contributed by atoms with van der Waals surface area (Å²) in [4.78, 5) is 10.9. The van der Waals surface area contributed by atoms with Crippen LogP contribution < -0.4 is 5.46 Å². The van der Waals surface area contributed by atoms with Gasteiger partial charge < -0.3 is 14.4 Å². The fourth-order valence-corrected chi connectivity index (χ4v) is 2.13. The van der Waals surface area contributed by atoms with Crippen molar-refractivity contribution in [2.24, 2.45) is 0 Å². The SMILES string of the molecule is CC1(C)OB(c2cc(F)c(C(=O)O)cc2Cl)OC1(C)C. The van der Waals surface area contributed by atoms with Gasteiger partial charge in [-0.1, -0.05) is 11.6 Å². The summed E-state index contributed by atoms with van der Waals surface area (Å²) in [7, 11) is -0.829. The van der Waals surface area contributed by atoms with Gasteiger partial charge in [0.25, 0.3) is 0 Å². The highest BCUT2D eigenvalue weighted by atomic mass is 35.5. The van der Waals surface area contributed by atoms with Crippen LogP contribution in [0.25, 0.3) is 0 Å². The Labute approximate surface area is 122 Å². The van der Waals surface area contributed by atoms with E-state index in [4.69, 9.17) is 26.0 Å². The Morgan fingerprint density at radius 3 is 2.20 bits per heavy atom. The van der Waals surface area contributed by atoms with Crippen LogP contribution in [0, 0.1) is 5.82 Å². The van der Waals surface area contributed by atoms with E-state index >= 15 is 0 Å². The van der Waals surface area contributed by atoms with Gasteiger partial charge in [-0.15, -0.1) is 0 Å². The molecule has 0 saturated carbocycles. The molecular weight excluding hydrogens is 285 g/mol. The van der Waals surface area contributed by atoms with Crippen LogP contribution in [0.1, 0.15) is 38.1 Å². The lowest BCUT2D eigenvalue weighted by Gasteiger charge is -2.32. The highest BCUT2D eigenvalue weighted by molar-refractivity contribution is 6.65. The number of rotatable bonds is 2. The maximum Gasteiger partial charge on any atom is 0.496 e. The monoisotopic (exact) mass is 300 g/mol. The van der Waals surface area contributed by atoms with E-state index in [2.05, 4.69) is 0 Å². The molecule has 0 bridgehead atoms. The molecule has 1 aliphatic rings. The molecular formula is C13H15BClFO4. The van der Waals surface area contributed by atoms with Crippen molar-refractivity contribution in [2.75, 3.05) is 0 Å². The Bertz CT molecular complexity index is 558. The first-order chi connectivity index (χ1) is 9.05. The van der Waals surface area contributed by atoms with E-state index in [1.54, 1.807) is 0 Å². The molecule has 7 heteroatoms. The lowest BCUT2D eigenvalue weighted by molar-refractivity contribution is 0.00578. The first-order valence-electron chi connectivity index (χ1n) is 6.13. The van der Waals surface area contributed by atoms with Gasteiger partial charge in [0.1, 0.15) is 5.82 Å². The third-order valence-electron chi connectivity index (χ3n) is 3.82. The van der Waals surface area contributed by atoms with Crippen LogP contribution in [0.15, 0.2) is 12.1 Å². The van der Waals surface area contributed by atoms with E-state index < -0.39 is 35.7 Å². The zero-order chi connectivity index (χ0) is 15.3. The first kappa shape index (κ1) is 15.3. The number of hydrogen-bond donors (Lipinski definition) is 1. The zero-order valence-electron chi connectivity index (χ0n) is 11.7. The largest absolute Gasteiger partial charge is 0.496 e. The minimum absolute atomic E-state index is 0.0994. The summed E-state index contributed by atoms with van der Waals surface area (Å²) in [6.45, 7) is 7.46. The van der Waals surface area contributed by atoms with E-state index in [1.165, 1.54) is 0 Å². The molecule has 1 aromatic rings. The van der Waals surface area contributed by atoms with Crippen molar-refractivity contribution in [3.05, 3.63) is 28.5 Å². The van der Waals surface area contributed by atoms with E-state index in [0.29, 0.717) is 0 Å². The van der Waals surface area contributed by atoms with E-state index in [1.807, 2.05) is 27.7 Å². The molecule has 1 saturated heterocycles. The zero-order valence-corrected chi connectivity index (χ0v) is 12.4. The molecule has 0 aromatic heterocycles. The molecule has 0 aliphatic carbocycles. The Morgan fingerprint density at radius 2 is 1.75 bits per heavy atom. The van der Waals surface area contributed by atoms with Gasteiger partial charge in [0.2, 0.25) is 0 Å². The predicted octanol–water partition coefficient (Wildman–Crippen LogP) is 2.48. The second-order valence-corrected chi connectivity index (χ2v) is 6.15.